The van der Waals surface area contributed by atoms with Gasteiger partial charge in [-0.25, -0.2) is 0 Å². The van der Waals surface area contributed by atoms with Gasteiger partial charge in [-0.3, -0.25) is 4.79 Å². The van der Waals surface area contributed by atoms with E-state index in [1.165, 1.54) is 4.88 Å². The predicted molar refractivity (Wildman–Crippen MR) is 79.6 cm³/mol. The number of carbonyl (C=O) groups is 1. The van der Waals surface area contributed by atoms with Crippen LogP contribution in [0.2, 0.25) is 4.34 Å². The zero-order valence-electron chi connectivity index (χ0n) is 10.6. The summed E-state index contributed by atoms with van der Waals surface area (Å²) in [6.45, 7) is 3.51. The molecule has 100 valence electrons. The second kappa shape index (κ2) is 6.19. The molecule has 3 N–H and O–H groups in total. The Bertz CT molecular complexity index is 595. The number of nitrogens with two attached hydrogens (primary N) is 1. The zero-order valence-corrected chi connectivity index (χ0v) is 12.1. The molecule has 1 aromatic heterocycles. The maximum atomic E-state index is 11.1. The first-order valence-corrected chi connectivity index (χ1v) is 7.10. The van der Waals surface area contributed by atoms with Crippen molar-refractivity contribution in [2.45, 2.75) is 20.0 Å². The fourth-order valence-corrected chi connectivity index (χ4v) is 2.87. The molecule has 3 nitrogen and oxygen atoms in total. The van der Waals surface area contributed by atoms with Crippen LogP contribution < -0.4 is 11.1 Å². The molecule has 0 fully saturated rings. The summed E-state index contributed by atoms with van der Waals surface area (Å²) >= 11 is 7.45. The first-order chi connectivity index (χ1) is 9.06. The van der Waals surface area contributed by atoms with Gasteiger partial charge in [0.05, 0.1) is 4.34 Å². The molecule has 0 saturated carbocycles. The van der Waals surface area contributed by atoms with E-state index in [9.17, 15) is 4.79 Å². The number of rotatable bonds is 5. The van der Waals surface area contributed by atoms with Gasteiger partial charge in [0, 0.05) is 23.5 Å². The van der Waals surface area contributed by atoms with Crippen molar-refractivity contribution in [1.82, 2.24) is 5.32 Å². The van der Waals surface area contributed by atoms with Crippen molar-refractivity contribution in [1.29, 1.82) is 0 Å². The molecule has 2 rings (SSSR count). The number of amides is 1. The lowest BCUT2D eigenvalue weighted by Gasteiger charge is -2.08. The minimum Gasteiger partial charge on any atom is -0.366 e. The molecule has 1 heterocycles. The molecule has 0 aliphatic carbocycles. The Morgan fingerprint density at radius 3 is 2.68 bits per heavy atom. The Hall–Kier alpha value is -1.36. The molecule has 0 aliphatic rings. The molecule has 19 heavy (non-hydrogen) atoms. The van der Waals surface area contributed by atoms with Gasteiger partial charge < -0.3 is 11.1 Å². The summed E-state index contributed by atoms with van der Waals surface area (Å²) in [7, 11) is 0. The zero-order chi connectivity index (χ0) is 13.8. The van der Waals surface area contributed by atoms with E-state index in [4.69, 9.17) is 17.3 Å². The summed E-state index contributed by atoms with van der Waals surface area (Å²) in [4.78, 5) is 12.3. The van der Waals surface area contributed by atoms with Crippen LogP contribution >= 0.6 is 22.9 Å². The minimum absolute atomic E-state index is 0.393. The van der Waals surface area contributed by atoms with Gasteiger partial charge >= 0.3 is 0 Å². The number of carbonyl (C=O) groups excluding carboxylic acids is 1. The van der Waals surface area contributed by atoms with Crippen molar-refractivity contribution in [2.24, 2.45) is 5.73 Å². The number of primary amides is 1. The molecular formula is C14H15ClN2OS. The van der Waals surface area contributed by atoms with Crippen LogP contribution in [0, 0.1) is 6.92 Å². The van der Waals surface area contributed by atoms with Crippen molar-refractivity contribution < 1.29 is 4.79 Å². The van der Waals surface area contributed by atoms with E-state index in [2.05, 4.69) is 5.32 Å². The Labute approximate surface area is 121 Å². The number of halogens is 1. The molecule has 0 radical (unpaired) electrons. The van der Waals surface area contributed by atoms with Crippen LogP contribution in [0.1, 0.15) is 26.4 Å². The number of thiophene rings is 1. The Balaban J connectivity index is 1.94. The van der Waals surface area contributed by atoms with Gasteiger partial charge in [0.25, 0.3) is 0 Å². The second-order valence-electron chi connectivity index (χ2n) is 4.31. The van der Waals surface area contributed by atoms with Crippen LogP contribution in [0.3, 0.4) is 0 Å². The van der Waals surface area contributed by atoms with Gasteiger partial charge in [-0.15, -0.1) is 11.3 Å². The van der Waals surface area contributed by atoms with Gasteiger partial charge in [0.1, 0.15) is 0 Å². The summed E-state index contributed by atoms with van der Waals surface area (Å²) in [6.07, 6.45) is 0. The average molecular weight is 295 g/mol. The van der Waals surface area contributed by atoms with E-state index in [1.54, 1.807) is 17.4 Å². The maximum Gasteiger partial charge on any atom is 0.248 e. The van der Waals surface area contributed by atoms with Crippen LogP contribution in [0.4, 0.5) is 0 Å². The summed E-state index contributed by atoms with van der Waals surface area (Å²) in [6, 6.07) is 9.43. The normalized spacial score (nSPS) is 10.6. The second-order valence-corrected chi connectivity index (χ2v) is 6.11. The van der Waals surface area contributed by atoms with Gasteiger partial charge in [0.2, 0.25) is 5.91 Å². The average Bonchev–Trinajstić information content (AvgIpc) is 2.77. The number of aryl methyl sites for hydroxylation is 1. The van der Waals surface area contributed by atoms with Crippen molar-refractivity contribution in [3.63, 3.8) is 0 Å². The summed E-state index contributed by atoms with van der Waals surface area (Å²) < 4.78 is 0.804. The highest BCUT2D eigenvalue weighted by Gasteiger charge is 2.04. The van der Waals surface area contributed by atoms with E-state index in [0.29, 0.717) is 5.56 Å². The Kier molecular flexibility index (Phi) is 4.58. The number of hydrogen-bond acceptors (Lipinski definition) is 3. The SMILES string of the molecule is Cc1cc(C(N)=O)ccc1CNCc1ccc(Cl)s1. The molecule has 0 spiro atoms. The molecule has 0 atom stereocenters. The number of nitrogens with one attached hydrogen (secondary N) is 1. The molecule has 0 bridgehead atoms. The lowest BCUT2D eigenvalue weighted by atomic mass is 10.0. The first-order valence-electron chi connectivity index (χ1n) is 5.90. The van der Waals surface area contributed by atoms with Crippen molar-refractivity contribution in [2.75, 3.05) is 0 Å². The highest BCUT2D eigenvalue weighted by Crippen LogP contribution is 2.21. The highest BCUT2D eigenvalue weighted by atomic mass is 35.5. The lowest BCUT2D eigenvalue weighted by molar-refractivity contribution is 0.1000. The third-order valence-electron chi connectivity index (χ3n) is 2.87. The third-order valence-corrected chi connectivity index (χ3v) is 4.10. The Morgan fingerprint density at radius 2 is 2.11 bits per heavy atom. The minimum atomic E-state index is -0.393. The van der Waals surface area contributed by atoms with E-state index < -0.39 is 5.91 Å². The van der Waals surface area contributed by atoms with Gasteiger partial charge in [-0.2, -0.15) is 0 Å². The number of hydrogen-bond donors (Lipinski definition) is 2. The summed E-state index contributed by atoms with van der Waals surface area (Å²) in [5.41, 5.74) is 8.02. The summed E-state index contributed by atoms with van der Waals surface area (Å²) in [5, 5.41) is 3.36. The number of benzene rings is 1. The smallest absolute Gasteiger partial charge is 0.248 e. The van der Waals surface area contributed by atoms with Crippen LogP contribution in [-0.4, -0.2) is 5.91 Å². The molecule has 1 aromatic carbocycles. The highest BCUT2D eigenvalue weighted by molar-refractivity contribution is 7.16. The van der Waals surface area contributed by atoms with Crippen molar-refractivity contribution in [3.8, 4) is 0 Å². The van der Waals surface area contributed by atoms with Gasteiger partial charge in [-0.05, 0) is 42.3 Å². The molecule has 1 amide bonds. The predicted octanol–water partition coefficient (Wildman–Crippen LogP) is 3.10. The largest absolute Gasteiger partial charge is 0.366 e. The molecule has 0 unspecified atom stereocenters. The first kappa shape index (κ1) is 14.1. The third kappa shape index (κ3) is 3.80. The van der Waals surface area contributed by atoms with Crippen LogP contribution in [0.15, 0.2) is 30.3 Å². The fourth-order valence-electron chi connectivity index (χ4n) is 1.81. The molecular weight excluding hydrogens is 280 g/mol. The molecule has 2 aromatic rings. The molecule has 0 saturated heterocycles. The monoisotopic (exact) mass is 294 g/mol. The Morgan fingerprint density at radius 1 is 1.32 bits per heavy atom. The van der Waals surface area contributed by atoms with Crippen molar-refractivity contribution in [3.05, 3.63) is 56.2 Å². The van der Waals surface area contributed by atoms with E-state index >= 15 is 0 Å². The van der Waals surface area contributed by atoms with E-state index in [0.717, 1.165) is 28.6 Å². The van der Waals surface area contributed by atoms with E-state index in [-0.39, 0.29) is 0 Å². The lowest BCUT2D eigenvalue weighted by Crippen LogP contribution is -2.14. The van der Waals surface area contributed by atoms with Crippen LogP contribution in [-0.2, 0) is 13.1 Å². The topological polar surface area (TPSA) is 55.1 Å². The van der Waals surface area contributed by atoms with E-state index in [1.807, 2.05) is 31.2 Å². The van der Waals surface area contributed by atoms with Crippen LogP contribution in [0.25, 0.3) is 0 Å². The van der Waals surface area contributed by atoms with Gasteiger partial charge in [0.15, 0.2) is 0 Å². The quantitative estimate of drug-likeness (QED) is 0.890. The fraction of sp³-hybridized carbons (Fsp3) is 0.214. The van der Waals surface area contributed by atoms with Crippen molar-refractivity contribution >= 4 is 28.8 Å². The molecule has 5 heteroatoms. The molecule has 0 aliphatic heterocycles. The maximum absolute atomic E-state index is 11.1. The van der Waals surface area contributed by atoms with Crippen LogP contribution in [0.5, 0.6) is 0 Å². The van der Waals surface area contributed by atoms with Gasteiger partial charge in [-0.1, -0.05) is 17.7 Å². The summed E-state index contributed by atoms with van der Waals surface area (Å²) in [5.74, 6) is -0.393. The standard InChI is InChI=1S/C14H15ClN2OS/c1-9-6-10(14(16)18)2-3-11(9)7-17-8-12-4-5-13(15)19-12/h2-6,17H,7-8H2,1H3,(H2,16,18).